The van der Waals surface area contributed by atoms with Gasteiger partial charge in [0.1, 0.15) is 19.3 Å². The van der Waals surface area contributed by atoms with Gasteiger partial charge in [-0.2, -0.15) is 0 Å². The van der Waals surface area contributed by atoms with Crippen LogP contribution in [0.15, 0.2) is 48.6 Å². The minimum atomic E-state index is -4.27. The van der Waals surface area contributed by atoms with Crippen molar-refractivity contribution in [1.82, 2.24) is 0 Å². The number of unbranched alkanes of at least 4 members (excludes halogenated alkanes) is 6. The molecule has 2 unspecified atom stereocenters. The summed E-state index contributed by atoms with van der Waals surface area (Å²) in [6.07, 6.45) is 28.8. The number of allylic oxidation sites excluding steroid dienone is 8. The average molecular weight is 615 g/mol. The zero-order chi connectivity index (χ0) is 31.4. The molecule has 0 heterocycles. The fourth-order valence-corrected chi connectivity index (χ4v) is 4.42. The van der Waals surface area contributed by atoms with Gasteiger partial charge in [-0.25, -0.2) is 4.57 Å². The molecule has 9 heteroatoms. The number of phosphoric acid groups is 1. The summed E-state index contributed by atoms with van der Waals surface area (Å²) in [7, 11) is 1.61. The van der Waals surface area contributed by atoms with Crippen molar-refractivity contribution in [2.24, 2.45) is 0 Å². The first-order chi connectivity index (χ1) is 20.1. The molecule has 0 aliphatic rings. The first-order valence-corrected chi connectivity index (χ1v) is 17.4. The SMILES string of the molecule is CC/C=C\C/C=C\C/C=C\C/C=C\CCC(=O)OC(COCCCCCCCCC)COP(=O)(O)OCC[N+](C)(C)C. The van der Waals surface area contributed by atoms with Crippen molar-refractivity contribution >= 4 is 13.8 Å². The number of hydrogen-bond donors (Lipinski definition) is 1. The van der Waals surface area contributed by atoms with Gasteiger partial charge in [0.2, 0.25) is 0 Å². The number of phosphoric ester groups is 1. The third-order valence-electron chi connectivity index (χ3n) is 6.17. The zero-order valence-electron chi connectivity index (χ0n) is 27.2. The number of nitrogens with zero attached hydrogens (tertiary/aromatic N) is 1. The summed E-state index contributed by atoms with van der Waals surface area (Å²) in [6, 6.07) is 0. The van der Waals surface area contributed by atoms with Crippen molar-refractivity contribution in [3.63, 3.8) is 0 Å². The number of likely N-dealkylation sites (N-methyl/N-ethyl adjacent to an activating group) is 1. The number of quaternary nitrogens is 1. The molecule has 0 spiro atoms. The average Bonchev–Trinajstić information content (AvgIpc) is 2.92. The molecule has 244 valence electrons. The molecular formula is C33H61NO7P+. The van der Waals surface area contributed by atoms with Gasteiger partial charge in [-0.3, -0.25) is 13.8 Å². The summed E-state index contributed by atoms with van der Waals surface area (Å²) in [5.74, 6) is -0.399. The predicted octanol–water partition coefficient (Wildman–Crippen LogP) is 8.09. The molecule has 42 heavy (non-hydrogen) atoms. The van der Waals surface area contributed by atoms with Gasteiger partial charge in [0, 0.05) is 13.0 Å². The maximum absolute atomic E-state index is 12.5. The van der Waals surface area contributed by atoms with Crippen LogP contribution in [-0.2, 0) is 27.9 Å². The second kappa shape index (κ2) is 27.0. The standard InChI is InChI=1S/C33H60NO7P/c1-6-8-10-12-14-15-16-17-18-19-20-22-24-26-33(35)41-32(30-38-28-25-23-21-13-11-9-7-2)31-40-42(36,37)39-29-27-34(3,4)5/h8,10,14-15,17-18,20,22,32H,6-7,9,11-13,16,19,21,23-31H2,1-5H3/p+1/b10-8-,15-14-,18-17-,22-20-. The van der Waals surface area contributed by atoms with Crippen LogP contribution in [0.25, 0.3) is 0 Å². The predicted molar refractivity (Wildman–Crippen MR) is 173 cm³/mol. The summed E-state index contributed by atoms with van der Waals surface area (Å²) in [5.41, 5.74) is 0. The maximum atomic E-state index is 12.5. The number of carbonyl (C=O) groups is 1. The second-order valence-electron chi connectivity index (χ2n) is 11.5. The molecule has 0 aromatic rings. The van der Waals surface area contributed by atoms with Crippen molar-refractivity contribution in [1.29, 1.82) is 0 Å². The number of ether oxygens (including phenoxy) is 2. The van der Waals surface area contributed by atoms with Crippen LogP contribution >= 0.6 is 7.82 Å². The Kier molecular flexibility index (Phi) is 26.0. The number of rotatable bonds is 28. The molecule has 0 aromatic carbocycles. The lowest BCUT2D eigenvalue weighted by molar-refractivity contribution is -0.870. The van der Waals surface area contributed by atoms with Crippen molar-refractivity contribution in [3.8, 4) is 0 Å². The highest BCUT2D eigenvalue weighted by molar-refractivity contribution is 7.47. The monoisotopic (exact) mass is 614 g/mol. The molecule has 0 radical (unpaired) electrons. The van der Waals surface area contributed by atoms with Crippen LogP contribution in [0.2, 0.25) is 0 Å². The lowest BCUT2D eigenvalue weighted by Crippen LogP contribution is -2.37. The molecule has 0 fully saturated rings. The largest absolute Gasteiger partial charge is 0.472 e. The van der Waals surface area contributed by atoms with E-state index in [2.05, 4.69) is 50.3 Å². The van der Waals surface area contributed by atoms with E-state index in [0.29, 0.717) is 24.1 Å². The van der Waals surface area contributed by atoms with Crippen LogP contribution in [-0.4, -0.2) is 75.6 Å². The molecular weight excluding hydrogens is 553 g/mol. The summed E-state index contributed by atoms with van der Waals surface area (Å²) in [6.45, 7) is 5.33. The lowest BCUT2D eigenvalue weighted by atomic mass is 10.1. The summed E-state index contributed by atoms with van der Waals surface area (Å²) >= 11 is 0. The molecule has 0 rings (SSSR count). The Labute approximate surface area is 257 Å². The van der Waals surface area contributed by atoms with E-state index in [-0.39, 0.29) is 26.2 Å². The molecule has 0 aromatic heterocycles. The quantitative estimate of drug-likeness (QED) is 0.0313. The van der Waals surface area contributed by atoms with Crippen molar-refractivity contribution in [3.05, 3.63) is 48.6 Å². The van der Waals surface area contributed by atoms with E-state index in [4.69, 9.17) is 18.5 Å². The Morgan fingerprint density at radius 2 is 1.33 bits per heavy atom. The molecule has 2 atom stereocenters. The molecule has 0 amide bonds. The number of carbonyl (C=O) groups excluding carboxylic acids is 1. The van der Waals surface area contributed by atoms with Gasteiger partial charge in [0.05, 0.1) is 34.4 Å². The van der Waals surface area contributed by atoms with Crippen molar-refractivity contribution < 1.29 is 37.3 Å². The first kappa shape index (κ1) is 40.5. The fraction of sp³-hybridized carbons (Fsp3) is 0.727. The molecule has 0 saturated carbocycles. The molecule has 1 N–H and O–H groups in total. The van der Waals surface area contributed by atoms with Gasteiger partial charge in [0.15, 0.2) is 0 Å². The molecule has 0 saturated heterocycles. The smallest absolute Gasteiger partial charge is 0.457 e. The highest BCUT2D eigenvalue weighted by atomic mass is 31.2. The van der Waals surface area contributed by atoms with E-state index in [0.717, 1.165) is 38.5 Å². The Balaban J connectivity index is 4.51. The van der Waals surface area contributed by atoms with E-state index in [1.165, 1.54) is 32.1 Å². The van der Waals surface area contributed by atoms with Gasteiger partial charge in [-0.05, 0) is 38.5 Å². The Morgan fingerprint density at radius 1 is 0.762 bits per heavy atom. The molecule has 0 aliphatic carbocycles. The Morgan fingerprint density at radius 3 is 1.93 bits per heavy atom. The summed E-state index contributed by atoms with van der Waals surface area (Å²) in [5, 5.41) is 0. The van der Waals surface area contributed by atoms with Crippen LogP contribution < -0.4 is 0 Å². The molecule has 0 aliphatic heterocycles. The van der Waals surface area contributed by atoms with Crippen LogP contribution in [0.5, 0.6) is 0 Å². The van der Waals surface area contributed by atoms with Crippen molar-refractivity contribution in [2.45, 2.75) is 103 Å². The van der Waals surface area contributed by atoms with Gasteiger partial charge in [0.25, 0.3) is 0 Å². The Bertz CT molecular complexity index is 818. The van der Waals surface area contributed by atoms with E-state index >= 15 is 0 Å². The second-order valence-corrected chi connectivity index (χ2v) is 12.9. The number of hydrogen-bond acceptors (Lipinski definition) is 6. The number of esters is 1. The van der Waals surface area contributed by atoms with Crippen LogP contribution in [0, 0.1) is 0 Å². The van der Waals surface area contributed by atoms with E-state index in [1.807, 2.05) is 33.3 Å². The van der Waals surface area contributed by atoms with Gasteiger partial charge < -0.3 is 18.9 Å². The van der Waals surface area contributed by atoms with Crippen molar-refractivity contribution in [2.75, 3.05) is 54.1 Å². The maximum Gasteiger partial charge on any atom is 0.472 e. The third kappa shape index (κ3) is 29.9. The first-order valence-electron chi connectivity index (χ1n) is 15.9. The van der Waals surface area contributed by atoms with Crippen LogP contribution in [0.3, 0.4) is 0 Å². The highest BCUT2D eigenvalue weighted by Gasteiger charge is 2.26. The van der Waals surface area contributed by atoms with E-state index in [9.17, 15) is 14.3 Å². The van der Waals surface area contributed by atoms with Gasteiger partial charge in [-0.1, -0.05) is 101 Å². The van der Waals surface area contributed by atoms with E-state index in [1.54, 1.807) is 0 Å². The zero-order valence-corrected chi connectivity index (χ0v) is 28.1. The Hall–Kier alpha value is -1.54. The summed E-state index contributed by atoms with van der Waals surface area (Å²) in [4.78, 5) is 22.5. The summed E-state index contributed by atoms with van der Waals surface area (Å²) < 4.78 is 34.4. The van der Waals surface area contributed by atoms with Gasteiger partial charge >= 0.3 is 13.8 Å². The fourth-order valence-electron chi connectivity index (χ4n) is 3.68. The van der Waals surface area contributed by atoms with E-state index < -0.39 is 19.9 Å². The van der Waals surface area contributed by atoms with Gasteiger partial charge in [-0.15, -0.1) is 0 Å². The van der Waals surface area contributed by atoms with Crippen LogP contribution in [0.4, 0.5) is 0 Å². The molecule has 8 nitrogen and oxygen atoms in total. The minimum absolute atomic E-state index is 0.0748. The normalized spacial score (nSPS) is 14.9. The highest BCUT2D eigenvalue weighted by Crippen LogP contribution is 2.43. The molecule has 0 bridgehead atoms. The lowest BCUT2D eigenvalue weighted by Gasteiger charge is -2.24. The third-order valence-corrected chi connectivity index (χ3v) is 7.15. The van der Waals surface area contributed by atoms with Crippen LogP contribution in [0.1, 0.15) is 97.3 Å². The topological polar surface area (TPSA) is 91.3 Å². The minimum Gasteiger partial charge on any atom is -0.457 e.